The highest BCUT2D eigenvalue weighted by Gasteiger charge is 2.13. The van der Waals surface area contributed by atoms with Gasteiger partial charge in [0.25, 0.3) is 0 Å². The lowest BCUT2D eigenvalue weighted by Crippen LogP contribution is -2.02. The van der Waals surface area contributed by atoms with Gasteiger partial charge in [-0.3, -0.25) is 0 Å². The molecule has 0 bridgehead atoms. The third kappa shape index (κ3) is 2.30. The monoisotopic (exact) mass is 288 g/mol. The summed E-state index contributed by atoms with van der Waals surface area (Å²) in [5, 5.41) is 5.72. The SMILES string of the molecule is Cc1nn(-c2cc(Cl)ccc2CCl)c(C)c1Cl. The third-order valence-electron chi connectivity index (χ3n) is 2.62. The predicted molar refractivity (Wildman–Crippen MR) is 72.6 cm³/mol. The molecule has 5 heteroatoms. The van der Waals surface area contributed by atoms with E-state index in [0.29, 0.717) is 15.9 Å². The molecule has 17 heavy (non-hydrogen) atoms. The molecule has 90 valence electrons. The van der Waals surface area contributed by atoms with Gasteiger partial charge < -0.3 is 0 Å². The van der Waals surface area contributed by atoms with Gasteiger partial charge in [0, 0.05) is 10.9 Å². The highest BCUT2D eigenvalue weighted by molar-refractivity contribution is 6.32. The maximum Gasteiger partial charge on any atom is 0.0848 e. The van der Waals surface area contributed by atoms with Crippen LogP contribution in [0, 0.1) is 13.8 Å². The smallest absolute Gasteiger partial charge is 0.0848 e. The molecule has 0 aliphatic carbocycles. The van der Waals surface area contributed by atoms with Crippen LogP contribution in [-0.4, -0.2) is 9.78 Å². The Morgan fingerprint density at radius 1 is 1.24 bits per heavy atom. The predicted octanol–water partition coefficient (Wildman–Crippen LogP) is 4.53. The highest BCUT2D eigenvalue weighted by atomic mass is 35.5. The Labute approximate surface area is 115 Å². The normalized spacial score (nSPS) is 10.9. The van der Waals surface area contributed by atoms with Crippen LogP contribution < -0.4 is 0 Å². The van der Waals surface area contributed by atoms with Gasteiger partial charge in [-0.1, -0.05) is 29.3 Å². The van der Waals surface area contributed by atoms with Crippen LogP contribution in [0.25, 0.3) is 5.69 Å². The number of halogens is 3. The van der Waals surface area contributed by atoms with Crippen LogP contribution in [0.4, 0.5) is 0 Å². The average Bonchev–Trinajstić information content (AvgIpc) is 2.57. The first-order valence-electron chi connectivity index (χ1n) is 5.11. The number of alkyl halides is 1. The van der Waals surface area contributed by atoms with Crippen LogP contribution in [0.1, 0.15) is 17.0 Å². The molecule has 0 unspecified atom stereocenters. The first kappa shape index (κ1) is 12.7. The number of aryl methyl sites for hydroxylation is 1. The molecule has 1 aromatic heterocycles. The highest BCUT2D eigenvalue weighted by Crippen LogP contribution is 2.26. The van der Waals surface area contributed by atoms with Gasteiger partial charge in [-0.15, -0.1) is 11.6 Å². The van der Waals surface area contributed by atoms with Crippen molar-refractivity contribution in [2.75, 3.05) is 0 Å². The van der Waals surface area contributed by atoms with E-state index in [-0.39, 0.29) is 0 Å². The minimum atomic E-state index is 0.405. The lowest BCUT2D eigenvalue weighted by molar-refractivity contribution is 0.826. The lowest BCUT2D eigenvalue weighted by Gasteiger charge is -2.09. The Bertz CT molecular complexity index is 561. The van der Waals surface area contributed by atoms with Gasteiger partial charge in [-0.05, 0) is 31.5 Å². The van der Waals surface area contributed by atoms with Crippen LogP contribution in [0.3, 0.4) is 0 Å². The van der Waals surface area contributed by atoms with Crippen LogP contribution in [0.2, 0.25) is 10.0 Å². The molecule has 0 spiro atoms. The van der Waals surface area contributed by atoms with E-state index in [1.807, 2.05) is 32.0 Å². The maximum atomic E-state index is 6.13. The summed E-state index contributed by atoms with van der Waals surface area (Å²) >= 11 is 18.1. The summed E-state index contributed by atoms with van der Waals surface area (Å²) < 4.78 is 1.78. The summed E-state index contributed by atoms with van der Waals surface area (Å²) in [4.78, 5) is 0. The zero-order valence-corrected chi connectivity index (χ0v) is 11.7. The number of rotatable bonds is 2. The molecule has 0 atom stereocenters. The Balaban J connectivity index is 2.67. The molecular formula is C12H11Cl3N2. The van der Waals surface area contributed by atoms with Crippen molar-refractivity contribution in [3.63, 3.8) is 0 Å². The fourth-order valence-corrected chi connectivity index (χ4v) is 2.22. The van der Waals surface area contributed by atoms with E-state index >= 15 is 0 Å². The van der Waals surface area contributed by atoms with Gasteiger partial charge in [0.05, 0.1) is 22.1 Å². The van der Waals surface area contributed by atoms with Crippen LogP contribution in [0.5, 0.6) is 0 Å². The van der Waals surface area contributed by atoms with Crippen molar-refractivity contribution in [1.29, 1.82) is 0 Å². The van der Waals surface area contributed by atoms with Gasteiger partial charge in [-0.2, -0.15) is 5.10 Å². The minimum Gasteiger partial charge on any atom is -0.236 e. The summed E-state index contributed by atoms with van der Waals surface area (Å²) in [6.45, 7) is 3.79. The quantitative estimate of drug-likeness (QED) is 0.742. The van der Waals surface area contributed by atoms with Gasteiger partial charge in [0.1, 0.15) is 0 Å². The lowest BCUT2D eigenvalue weighted by atomic mass is 10.2. The molecule has 0 amide bonds. The summed E-state index contributed by atoms with van der Waals surface area (Å²) in [5.41, 5.74) is 3.53. The molecule has 2 aromatic rings. The average molecular weight is 290 g/mol. The molecule has 0 N–H and O–H groups in total. The van der Waals surface area contributed by atoms with Crippen molar-refractivity contribution in [2.45, 2.75) is 19.7 Å². The Hall–Kier alpha value is -0.700. The zero-order valence-electron chi connectivity index (χ0n) is 9.47. The van der Waals surface area contributed by atoms with Gasteiger partial charge in [0.2, 0.25) is 0 Å². The van der Waals surface area contributed by atoms with Gasteiger partial charge >= 0.3 is 0 Å². The van der Waals surface area contributed by atoms with E-state index in [4.69, 9.17) is 34.8 Å². The second-order valence-electron chi connectivity index (χ2n) is 3.80. The number of aromatic nitrogens is 2. The molecule has 2 rings (SSSR count). The van der Waals surface area contributed by atoms with E-state index < -0.39 is 0 Å². The van der Waals surface area contributed by atoms with Crippen molar-refractivity contribution in [3.05, 3.63) is 45.2 Å². The van der Waals surface area contributed by atoms with E-state index in [0.717, 1.165) is 22.6 Å². The van der Waals surface area contributed by atoms with Crippen molar-refractivity contribution in [1.82, 2.24) is 9.78 Å². The maximum absolute atomic E-state index is 6.13. The topological polar surface area (TPSA) is 17.8 Å². The molecule has 0 fully saturated rings. The number of benzene rings is 1. The fraction of sp³-hybridized carbons (Fsp3) is 0.250. The van der Waals surface area contributed by atoms with Gasteiger partial charge in [0.15, 0.2) is 0 Å². The van der Waals surface area contributed by atoms with E-state index in [1.54, 1.807) is 4.68 Å². The summed E-state index contributed by atoms with van der Waals surface area (Å²) in [7, 11) is 0. The summed E-state index contributed by atoms with van der Waals surface area (Å²) in [5.74, 6) is 0.405. The number of nitrogens with zero attached hydrogens (tertiary/aromatic N) is 2. The third-order valence-corrected chi connectivity index (χ3v) is 3.69. The van der Waals surface area contributed by atoms with E-state index in [2.05, 4.69) is 5.10 Å². The van der Waals surface area contributed by atoms with Crippen molar-refractivity contribution in [3.8, 4) is 5.69 Å². The number of hydrogen-bond acceptors (Lipinski definition) is 1. The first-order valence-corrected chi connectivity index (χ1v) is 6.40. The van der Waals surface area contributed by atoms with Crippen molar-refractivity contribution >= 4 is 34.8 Å². The van der Waals surface area contributed by atoms with Crippen molar-refractivity contribution in [2.24, 2.45) is 0 Å². The molecule has 0 saturated carbocycles. The van der Waals surface area contributed by atoms with Gasteiger partial charge in [-0.25, -0.2) is 4.68 Å². The van der Waals surface area contributed by atoms with Crippen LogP contribution in [0.15, 0.2) is 18.2 Å². The van der Waals surface area contributed by atoms with E-state index in [9.17, 15) is 0 Å². The molecule has 2 nitrogen and oxygen atoms in total. The second kappa shape index (κ2) is 4.89. The van der Waals surface area contributed by atoms with Crippen LogP contribution in [-0.2, 0) is 5.88 Å². The summed E-state index contributed by atoms with van der Waals surface area (Å²) in [6, 6.07) is 5.56. The summed E-state index contributed by atoms with van der Waals surface area (Å²) in [6.07, 6.45) is 0. The Morgan fingerprint density at radius 3 is 2.47 bits per heavy atom. The minimum absolute atomic E-state index is 0.405. The Morgan fingerprint density at radius 2 is 1.94 bits per heavy atom. The zero-order chi connectivity index (χ0) is 12.6. The number of hydrogen-bond donors (Lipinski definition) is 0. The molecule has 0 aliphatic heterocycles. The van der Waals surface area contributed by atoms with Crippen LogP contribution >= 0.6 is 34.8 Å². The molecular weight excluding hydrogens is 279 g/mol. The van der Waals surface area contributed by atoms with Crippen molar-refractivity contribution < 1.29 is 0 Å². The molecule has 0 aliphatic rings. The fourth-order valence-electron chi connectivity index (χ4n) is 1.71. The molecule has 0 saturated heterocycles. The molecule has 0 radical (unpaired) electrons. The molecule has 1 aromatic carbocycles. The first-order chi connectivity index (χ1) is 8.04. The standard InChI is InChI=1S/C12H11Cl3N2/c1-7-12(15)8(2)17(16-7)11-5-10(14)4-3-9(11)6-13/h3-5H,6H2,1-2H3. The Kier molecular flexibility index (Phi) is 3.67. The van der Waals surface area contributed by atoms with E-state index in [1.165, 1.54) is 0 Å². The second-order valence-corrected chi connectivity index (χ2v) is 4.88. The molecule has 1 heterocycles. The largest absolute Gasteiger partial charge is 0.236 e.